The number of anilines is 1. The van der Waals surface area contributed by atoms with Crippen LogP contribution in [0.1, 0.15) is 51.9 Å². The summed E-state index contributed by atoms with van der Waals surface area (Å²) in [4.78, 5) is 30.4. The molecule has 0 bridgehead atoms. The monoisotopic (exact) mass is 521 g/mol. The number of nitrogen functional groups attached to an aromatic ring is 1. The Hall–Kier alpha value is -3.55. The Morgan fingerprint density at radius 2 is 1.72 bits per heavy atom. The van der Waals surface area contributed by atoms with Gasteiger partial charge in [-0.2, -0.15) is 26.3 Å². The van der Waals surface area contributed by atoms with Gasteiger partial charge in [0, 0.05) is 24.4 Å². The minimum absolute atomic E-state index is 0.140. The van der Waals surface area contributed by atoms with Crippen molar-refractivity contribution in [3.63, 3.8) is 0 Å². The van der Waals surface area contributed by atoms with Crippen LogP contribution in [-0.2, 0) is 6.18 Å². The number of aliphatic hydroxyl groups is 1. The van der Waals surface area contributed by atoms with E-state index in [0.29, 0.717) is 19.8 Å². The Bertz CT molecular complexity index is 1090. The van der Waals surface area contributed by atoms with Crippen LogP contribution < -0.4 is 16.8 Å². The molecule has 1 aromatic rings. The minimum atomic E-state index is -5.20. The predicted octanol–water partition coefficient (Wildman–Crippen LogP) is 3.00. The highest BCUT2D eigenvalue weighted by Crippen LogP contribution is 2.40. The summed E-state index contributed by atoms with van der Waals surface area (Å²) >= 11 is 0. The molecule has 1 aliphatic heterocycles. The number of nitrogens with one attached hydrogen (secondary N) is 1. The number of likely N-dealkylation sites (tertiary alicyclic amines) is 1. The normalized spacial score (nSPS) is 16.8. The lowest BCUT2D eigenvalue weighted by molar-refractivity contribution is -0.249. The quantitative estimate of drug-likeness (QED) is 0.322. The van der Waals surface area contributed by atoms with Gasteiger partial charge in [-0.1, -0.05) is 24.8 Å². The number of halogens is 6. The van der Waals surface area contributed by atoms with Gasteiger partial charge in [-0.15, -0.1) is 0 Å². The summed E-state index contributed by atoms with van der Waals surface area (Å²) in [6.07, 6.45) is -4.39. The second kappa shape index (κ2) is 10.6. The fourth-order valence-corrected chi connectivity index (χ4v) is 3.33. The second-order valence-electron chi connectivity index (χ2n) is 8.17. The molecule has 14 heteroatoms. The molecule has 0 aliphatic carbocycles. The summed E-state index contributed by atoms with van der Waals surface area (Å²) in [5.41, 5.74) is 2.17. The van der Waals surface area contributed by atoms with Crippen molar-refractivity contribution in [1.29, 1.82) is 0 Å². The van der Waals surface area contributed by atoms with E-state index in [1.54, 1.807) is 5.32 Å². The second-order valence-corrected chi connectivity index (χ2v) is 8.17. The molecule has 2 heterocycles. The summed E-state index contributed by atoms with van der Waals surface area (Å²) in [6, 6.07) is 0. The fourth-order valence-electron chi connectivity index (χ4n) is 3.33. The third-order valence-electron chi connectivity index (χ3n) is 5.34. The number of pyridine rings is 1. The standard InChI is InChI=1S/C22H25F6N5O3/c1-3-4-5-8-12(29)13-14(21(23,24)25)16(19(35)33-9-6-7-10-33)32-17(15(13)30)18(34)31-11-20(2,36)22(26,27)28/h3-5,8,36H,1,6-7,9-11,29-30H2,2H3,(H,31,34)/b5-4-,12-8-. The van der Waals surface area contributed by atoms with Crippen LogP contribution in [0.25, 0.3) is 5.70 Å². The molecule has 8 nitrogen and oxygen atoms in total. The number of hydrogen-bond acceptors (Lipinski definition) is 6. The Morgan fingerprint density at radius 1 is 1.14 bits per heavy atom. The van der Waals surface area contributed by atoms with E-state index < -0.39 is 70.2 Å². The van der Waals surface area contributed by atoms with Crippen molar-refractivity contribution < 1.29 is 41.0 Å². The molecule has 6 N–H and O–H groups in total. The van der Waals surface area contributed by atoms with Gasteiger partial charge in [-0.3, -0.25) is 9.59 Å². The number of aromatic nitrogens is 1. The van der Waals surface area contributed by atoms with Gasteiger partial charge in [-0.05, 0) is 25.8 Å². The molecule has 36 heavy (non-hydrogen) atoms. The lowest BCUT2D eigenvalue weighted by Crippen LogP contribution is -2.51. The molecule has 1 aliphatic rings. The number of carbonyl (C=O) groups excluding carboxylic acids is 2. The summed E-state index contributed by atoms with van der Waals surface area (Å²) in [5, 5.41) is 11.3. The Morgan fingerprint density at radius 3 is 2.22 bits per heavy atom. The summed E-state index contributed by atoms with van der Waals surface area (Å²) in [5.74, 6) is -2.59. The van der Waals surface area contributed by atoms with Crippen LogP contribution in [-0.4, -0.2) is 58.2 Å². The first kappa shape index (κ1) is 28.7. The van der Waals surface area contributed by atoms with Crippen molar-refractivity contribution in [3.8, 4) is 0 Å². The third-order valence-corrected chi connectivity index (χ3v) is 5.34. The van der Waals surface area contributed by atoms with Gasteiger partial charge < -0.3 is 26.8 Å². The van der Waals surface area contributed by atoms with Gasteiger partial charge in [0.1, 0.15) is 5.69 Å². The molecular formula is C22H25F6N5O3. The number of allylic oxidation sites excluding steroid dienone is 4. The summed E-state index contributed by atoms with van der Waals surface area (Å²) < 4.78 is 81.5. The van der Waals surface area contributed by atoms with Gasteiger partial charge in [0.05, 0.1) is 17.8 Å². The SMILES string of the molecule is C=C/C=C\C=C(/N)c1c(N)c(C(=O)NCC(C)(O)C(F)(F)F)nc(C(=O)N2CCCC2)c1C(F)(F)F. The number of amides is 2. The topological polar surface area (TPSA) is 135 Å². The van der Waals surface area contributed by atoms with Gasteiger partial charge in [0.25, 0.3) is 11.8 Å². The number of rotatable bonds is 7. The third kappa shape index (κ3) is 6.17. The number of nitrogens with two attached hydrogens (primary N) is 2. The maximum Gasteiger partial charge on any atom is 0.419 e. The molecule has 1 atom stereocenters. The largest absolute Gasteiger partial charge is 0.419 e. The van der Waals surface area contributed by atoms with Crippen molar-refractivity contribution in [2.75, 3.05) is 25.4 Å². The average Bonchev–Trinajstić information content (AvgIpc) is 3.30. The zero-order chi connectivity index (χ0) is 27.5. The lowest BCUT2D eigenvalue weighted by atomic mass is 9.97. The zero-order valence-corrected chi connectivity index (χ0v) is 19.1. The van der Waals surface area contributed by atoms with Crippen molar-refractivity contribution in [2.45, 2.75) is 37.7 Å². The van der Waals surface area contributed by atoms with E-state index in [1.165, 1.54) is 18.2 Å². The Labute approximate surface area is 202 Å². The molecule has 1 fully saturated rings. The van der Waals surface area contributed by atoms with E-state index in [2.05, 4.69) is 11.6 Å². The van der Waals surface area contributed by atoms with Crippen LogP contribution in [0.15, 0.2) is 30.9 Å². The number of nitrogens with zero attached hydrogens (tertiary/aromatic N) is 2. The van der Waals surface area contributed by atoms with Crippen LogP contribution in [0, 0.1) is 0 Å². The van der Waals surface area contributed by atoms with Crippen molar-refractivity contribution in [1.82, 2.24) is 15.2 Å². The minimum Gasteiger partial charge on any atom is -0.398 e. The zero-order valence-electron chi connectivity index (χ0n) is 19.1. The number of carbonyl (C=O) groups is 2. The van der Waals surface area contributed by atoms with Crippen LogP contribution in [0.2, 0.25) is 0 Å². The van der Waals surface area contributed by atoms with Gasteiger partial charge >= 0.3 is 12.4 Å². The summed E-state index contributed by atoms with van der Waals surface area (Å²) in [7, 11) is 0. The first-order valence-corrected chi connectivity index (χ1v) is 10.6. The predicted molar refractivity (Wildman–Crippen MR) is 119 cm³/mol. The number of hydrogen-bond donors (Lipinski definition) is 4. The average molecular weight is 521 g/mol. The first-order valence-electron chi connectivity index (χ1n) is 10.6. The van der Waals surface area contributed by atoms with Crippen LogP contribution in [0.5, 0.6) is 0 Å². The number of alkyl halides is 6. The molecule has 0 spiro atoms. The van der Waals surface area contributed by atoms with Gasteiger partial charge in [-0.25, -0.2) is 4.98 Å². The Kier molecular flexibility index (Phi) is 8.45. The molecule has 198 valence electrons. The Balaban J connectivity index is 2.75. The highest BCUT2D eigenvalue weighted by Gasteiger charge is 2.50. The molecular weight excluding hydrogens is 496 g/mol. The van der Waals surface area contributed by atoms with E-state index in [-0.39, 0.29) is 13.1 Å². The van der Waals surface area contributed by atoms with Crippen LogP contribution in [0.4, 0.5) is 32.0 Å². The van der Waals surface area contributed by atoms with E-state index in [1.807, 2.05) is 0 Å². The van der Waals surface area contributed by atoms with E-state index in [9.17, 15) is 41.0 Å². The molecule has 1 aromatic heterocycles. The molecule has 0 saturated carbocycles. The highest BCUT2D eigenvalue weighted by molar-refractivity contribution is 6.04. The van der Waals surface area contributed by atoms with Crippen LogP contribution >= 0.6 is 0 Å². The molecule has 2 amide bonds. The maximum atomic E-state index is 14.2. The fraction of sp³-hybridized carbons (Fsp3) is 0.409. The molecule has 0 radical (unpaired) electrons. The molecule has 0 aromatic carbocycles. The van der Waals surface area contributed by atoms with E-state index in [0.717, 1.165) is 11.0 Å². The van der Waals surface area contributed by atoms with E-state index >= 15 is 0 Å². The molecule has 2 rings (SSSR count). The smallest absolute Gasteiger partial charge is 0.398 e. The van der Waals surface area contributed by atoms with Crippen LogP contribution in [0.3, 0.4) is 0 Å². The highest BCUT2D eigenvalue weighted by atomic mass is 19.4. The molecule has 1 unspecified atom stereocenters. The van der Waals surface area contributed by atoms with Crippen molar-refractivity contribution in [3.05, 3.63) is 53.4 Å². The van der Waals surface area contributed by atoms with Gasteiger partial charge in [0.2, 0.25) is 0 Å². The first-order chi connectivity index (χ1) is 16.5. The lowest BCUT2D eigenvalue weighted by Gasteiger charge is -2.27. The maximum absolute atomic E-state index is 14.2. The summed E-state index contributed by atoms with van der Waals surface area (Å²) in [6.45, 7) is 2.71. The van der Waals surface area contributed by atoms with E-state index in [4.69, 9.17) is 11.5 Å². The van der Waals surface area contributed by atoms with Crippen molar-refractivity contribution >= 4 is 23.2 Å². The van der Waals surface area contributed by atoms with Crippen molar-refractivity contribution in [2.24, 2.45) is 5.73 Å². The molecule has 1 saturated heterocycles. The van der Waals surface area contributed by atoms with Gasteiger partial charge in [0.15, 0.2) is 11.3 Å².